The van der Waals surface area contributed by atoms with Crippen molar-refractivity contribution in [2.45, 2.75) is 120 Å². The van der Waals surface area contributed by atoms with E-state index in [1.54, 1.807) is 20.8 Å². The van der Waals surface area contributed by atoms with Crippen molar-refractivity contribution in [2.75, 3.05) is 6.73 Å². The van der Waals surface area contributed by atoms with E-state index in [0.29, 0.717) is 17.5 Å². The standard InChI is InChI=1S/C40H36Cl2F10N4O9/c1-35(2,3)65-31(58)11-10-30(57)62-24-5-7-25(8-6-24)63-34(60)61-20-55(36(19-53)12-13-36)33(59)26-14-21(4-9-27(26)41)22-17-54-56(18-22)32-28(42)15-23(16-29(32)64-40(50,51)52)37(43,38(44,45)46)39(47,48)49/h4,9,14-18,24-25H,5-8,10-13,20H2,1-3H3/t24-,25+. The number of nitrogens with zero attached hydrogens (tertiary/aromatic N) is 4. The molecule has 2 aliphatic carbocycles. The number of hydrogen-bond donors (Lipinski definition) is 0. The number of carbonyl (C=O) groups is 4. The Balaban J connectivity index is 1.29. The van der Waals surface area contributed by atoms with Crippen LogP contribution in [-0.4, -0.2) is 87.5 Å². The monoisotopic (exact) mass is 976 g/mol. The van der Waals surface area contributed by atoms with Crippen LogP contribution in [0.2, 0.25) is 10.0 Å². The van der Waals surface area contributed by atoms with E-state index in [1.807, 2.05) is 6.07 Å². The Kier molecular flexibility index (Phi) is 14.6. The Morgan fingerprint density at radius 3 is 1.95 bits per heavy atom. The van der Waals surface area contributed by atoms with Crippen LogP contribution in [0.5, 0.6) is 5.75 Å². The van der Waals surface area contributed by atoms with Gasteiger partial charge in [-0.3, -0.25) is 19.3 Å². The highest BCUT2D eigenvalue weighted by molar-refractivity contribution is 6.34. The maximum atomic E-state index is 14.9. The molecule has 1 aromatic heterocycles. The molecule has 0 atom stereocenters. The average Bonchev–Trinajstić information content (AvgIpc) is 3.82. The minimum absolute atomic E-state index is 0.0401. The van der Waals surface area contributed by atoms with E-state index < -0.39 is 107 Å². The molecule has 13 nitrogen and oxygen atoms in total. The van der Waals surface area contributed by atoms with Crippen molar-refractivity contribution in [1.82, 2.24) is 14.7 Å². The first-order chi connectivity index (χ1) is 30.0. The second kappa shape index (κ2) is 18.8. The Morgan fingerprint density at radius 1 is 0.831 bits per heavy atom. The number of ether oxygens (including phenoxy) is 5. The summed E-state index contributed by atoms with van der Waals surface area (Å²) in [6.07, 6.45) is -18.5. The van der Waals surface area contributed by atoms with E-state index in [9.17, 15) is 68.3 Å². The first-order valence-corrected chi connectivity index (χ1v) is 20.0. The van der Waals surface area contributed by atoms with E-state index >= 15 is 0 Å². The van der Waals surface area contributed by atoms with Gasteiger partial charge >= 0.3 is 42.5 Å². The zero-order valence-corrected chi connectivity index (χ0v) is 35.6. The second-order valence-electron chi connectivity index (χ2n) is 15.9. The number of benzene rings is 2. The van der Waals surface area contributed by atoms with Crippen molar-refractivity contribution in [3.63, 3.8) is 0 Å². The molecular formula is C40H36Cl2F10N4O9. The quantitative estimate of drug-likeness (QED) is 0.0694. The maximum absolute atomic E-state index is 14.9. The van der Waals surface area contributed by atoms with E-state index in [4.69, 9.17) is 42.1 Å². The molecule has 3 aromatic rings. The molecule has 354 valence electrons. The molecule has 2 aromatic carbocycles. The number of rotatable bonds is 13. The highest BCUT2D eigenvalue weighted by atomic mass is 35.5. The Hall–Kier alpha value is -5.50. The Morgan fingerprint density at radius 2 is 1.42 bits per heavy atom. The summed E-state index contributed by atoms with van der Waals surface area (Å²) < 4.78 is 162. The summed E-state index contributed by atoms with van der Waals surface area (Å²) in [5.41, 5.74) is -12.1. The molecule has 0 bridgehead atoms. The molecule has 0 radical (unpaired) electrons. The van der Waals surface area contributed by atoms with E-state index in [-0.39, 0.29) is 66.3 Å². The third-order valence-corrected chi connectivity index (χ3v) is 10.5. The lowest BCUT2D eigenvalue weighted by atomic mass is 9.93. The van der Waals surface area contributed by atoms with Crippen LogP contribution in [0.3, 0.4) is 0 Å². The molecule has 2 fully saturated rings. The molecule has 2 aliphatic rings. The number of hydrogen-bond acceptors (Lipinski definition) is 11. The van der Waals surface area contributed by atoms with Crippen molar-refractivity contribution in [2.24, 2.45) is 0 Å². The number of carbonyl (C=O) groups excluding carboxylic acids is 4. The molecule has 1 heterocycles. The van der Waals surface area contributed by atoms with Gasteiger partial charge in [0, 0.05) is 17.3 Å². The molecular weight excluding hydrogens is 941 g/mol. The number of halogens is 12. The van der Waals surface area contributed by atoms with Gasteiger partial charge in [0.15, 0.2) is 12.5 Å². The maximum Gasteiger partial charge on any atom is 0.573 e. The third-order valence-electron chi connectivity index (χ3n) is 9.92. The minimum atomic E-state index is -6.71. The predicted molar refractivity (Wildman–Crippen MR) is 204 cm³/mol. The topological polar surface area (TPSA) is 159 Å². The first-order valence-electron chi connectivity index (χ1n) is 19.2. The summed E-state index contributed by atoms with van der Waals surface area (Å²) in [5, 5.41) is 12.3. The van der Waals surface area contributed by atoms with E-state index in [2.05, 4.69) is 9.84 Å². The Labute approximate surface area is 372 Å². The van der Waals surface area contributed by atoms with Gasteiger partial charge in [-0.05, 0) is 89.1 Å². The van der Waals surface area contributed by atoms with Crippen molar-refractivity contribution in [3.05, 3.63) is 63.9 Å². The first kappa shape index (κ1) is 50.5. The lowest BCUT2D eigenvalue weighted by Gasteiger charge is -2.31. The van der Waals surface area contributed by atoms with Gasteiger partial charge < -0.3 is 23.7 Å². The SMILES string of the molecule is CC(C)(C)OC(=O)CCC(=O)O[C@H]1CC[C@@H](OC(=O)OCN(C(=O)c2cc(-c3cnn(-c4c(Cl)cc(C(F)(C(F)(F)F)C(F)(F)F)cc4OC(F)(F)F)c3)ccc2Cl)C2(C#N)CC2)CC1. The van der Waals surface area contributed by atoms with Crippen molar-refractivity contribution in [1.29, 1.82) is 5.26 Å². The summed E-state index contributed by atoms with van der Waals surface area (Å²) in [6.45, 7) is 4.27. The highest BCUT2D eigenvalue weighted by Crippen LogP contribution is 2.55. The van der Waals surface area contributed by atoms with Crippen LogP contribution in [0, 0.1) is 11.3 Å². The van der Waals surface area contributed by atoms with E-state index in [1.165, 1.54) is 12.1 Å². The fourth-order valence-corrected chi connectivity index (χ4v) is 7.12. The zero-order valence-electron chi connectivity index (χ0n) is 34.1. The van der Waals surface area contributed by atoms with Gasteiger partial charge in [-0.25, -0.2) is 13.9 Å². The van der Waals surface area contributed by atoms with Crippen LogP contribution in [0.15, 0.2) is 42.7 Å². The number of esters is 2. The molecule has 2 saturated carbocycles. The van der Waals surface area contributed by atoms with Crippen LogP contribution in [0.1, 0.15) is 88.1 Å². The van der Waals surface area contributed by atoms with Gasteiger partial charge in [0.05, 0.1) is 40.7 Å². The summed E-state index contributed by atoms with van der Waals surface area (Å²) in [6, 6.07) is 4.99. The normalized spacial score (nSPS) is 17.6. The van der Waals surface area contributed by atoms with Crippen molar-refractivity contribution < 1.29 is 86.8 Å². The number of aromatic nitrogens is 2. The van der Waals surface area contributed by atoms with Crippen LogP contribution in [-0.2, 0) is 34.2 Å². The van der Waals surface area contributed by atoms with Gasteiger partial charge in [0.25, 0.3) is 5.91 Å². The summed E-state index contributed by atoms with van der Waals surface area (Å²) in [4.78, 5) is 51.9. The number of alkyl halides is 10. The van der Waals surface area contributed by atoms with Crippen LogP contribution in [0.25, 0.3) is 16.8 Å². The predicted octanol–water partition coefficient (Wildman–Crippen LogP) is 10.6. The molecule has 0 saturated heterocycles. The van der Waals surface area contributed by atoms with Gasteiger partial charge in [0.1, 0.15) is 29.0 Å². The summed E-state index contributed by atoms with van der Waals surface area (Å²) in [5.74, 6) is -3.88. The van der Waals surface area contributed by atoms with Crippen LogP contribution < -0.4 is 4.74 Å². The highest BCUT2D eigenvalue weighted by Gasteiger charge is 2.73. The number of amides is 1. The number of nitriles is 1. The van der Waals surface area contributed by atoms with Gasteiger partial charge in [-0.15, -0.1) is 13.2 Å². The molecule has 0 N–H and O–H groups in total. The van der Waals surface area contributed by atoms with Gasteiger partial charge in [-0.2, -0.15) is 36.7 Å². The smallest absolute Gasteiger partial charge is 0.462 e. The van der Waals surface area contributed by atoms with E-state index in [0.717, 1.165) is 23.4 Å². The Bertz CT molecular complexity index is 2320. The average molecular weight is 978 g/mol. The fraction of sp³-hybridized carbons (Fsp3) is 0.500. The molecule has 0 aliphatic heterocycles. The van der Waals surface area contributed by atoms with Crippen LogP contribution in [0.4, 0.5) is 48.7 Å². The third kappa shape index (κ3) is 12.0. The largest absolute Gasteiger partial charge is 0.573 e. The lowest BCUT2D eigenvalue weighted by Crippen LogP contribution is -2.50. The van der Waals surface area contributed by atoms with Crippen molar-refractivity contribution in [3.8, 4) is 28.6 Å². The minimum Gasteiger partial charge on any atom is -0.462 e. The molecule has 65 heavy (non-hydrogen) atoms. The lowest BCUT2D eigenvalue weighted by molar-refractivity contribution is -0.348. The molecule has 0 unspecified atom stereocenters. The molecule has 1 amide bonds. The summed E-state index contributed by atoms with van der Waals surface area (Å²) >= 11 is 12.3. The summed E-state index contributed by atoms with van der Waals surface area (Å²) in [7, 11) is 0. The van der Waals surface area contributed by atoms with Crippen molar-refractivity contribution >= 4 is 47.2 Å². The van der Waals surface area contributed by atoms with Crippen LogP contribution >= 0.6 is 23.2 Å². The van der Waals surface area contributed by atoms with Gasteiger partial charge in [-0.1, -0.05) is 29.3 Å². The molecule has 25 heteroatoms. The van der Waals surface area contributed by atoms with Gasteiger partial charge in [0.2, 0.25) is 0 Å². The second-order valence-corrected chi connectivity index (χ2v) is 16.7. The zero-order chi connectivity index (χ0) is 48.5. The molecule has 0 spiro atoms. The fourth-order valence-electron chi connectivity index (χ4n) is 6.63. The molecule has 5 rings (SSSR count).